The van der Waals surface area contributed by atoms with Crippen molar-refractivity contribution in [3.05, 3.63) is 28.2 Å². The number of morpholine rings is 1. The largest absolute Gasteiger partial charge is 0.489 e. The van der Waals surface area contributed by atoms with E-state index in [0.29, 0.717) is 35.6 Å². The van der Waals surface area contributed by atoms with E-state index in [1.165, 1.54) is 0 Å². The van der Waals surface area contributed by atoms with Crippen LogP contribution in [0.25, 0.3) is 0 Å². The number of hydrogen-bond acceptors (Lipinski definition) is 4. The highest BCUT2D eigenvalue weighted by atomic mass is 35.5. The Kier molecular flexibility index (Phi) is 5.73. The van der Waals surface area contributed by atoms with Gasteiger partial charge in [0.1, 0.15) is 18.5 Å². The molecule has 1 saturated heterocycles. The summed E-state index contributed by atoms with van der Waals surface area (Å²) in [5.74, 6) is 0.567. The third kappa shape index (κ3) is 4.51. The van der Waals surface area contributed by atoms with Gasteiger partial charge in [0.25, 0.3) is 0 Å². The summed E-state index contributed by atoms with van der Waals surface area (Å²) in [4.78, 5) is 2.15. The molecule has 106 valence electrons. The lowest BCUT2D eigenvalue weighted by Gasteiger charge is -2.32. The van der Waals surface area contributed by atoms with E-state index in [0.717, 1.165) is 13.1 Å². The molecule has 1 fully saturated rings. The summed E-state index contributed by atoms with van der Waals surface area (Å²) in [6.45, 7) is 3.48. The van der Waals surface area contributed by atoms with Crippen LogP contribution in [0.5, 0.6) is 5.75 Å². The second-order valence-corrected chi connectivity index (χ2v) is 5.25. The van der Waals surface area contributed by atoms with E-state index < -0.39 is 0 Å². The lowest BCUT2D eigenvalue weighted by atomic mass is 10.3. The maximum atomic E-state index is 8.93. The van der Waals surface area contributed by atoms with Crippen LogP contribution in [0.4, 0.5) is 0 Å². The SMILES string of the molecule is OCCN1CCOC(COc2cc(Cl)ccc2Cl)C1. The topological polar surface area (TPSA) is 41.9 Å². The van der Waals surface area contributed by atoms with Gasteiger partial charge in [-0.2, -0.15) is 0 Å². The molecular formula is C13H17Cl2NO3. The average Bonchev–Trinajstić information content (AvgIpc) is 2.41. The molecule has 19 heavy (non-hydrogen) atoms. The van der Waals surface area contributed by atoms with Crippen LogP contribution in [0.3, 0.4) is 0 Å². The van der Waals surface area contributed by atoms with Crippen LogP contribution in [-0.4, -0.2) is 55.6 Å². The molecule has 1 atom stereocenters. The first-order valence-corrected chi connectivity index (χ1v) is 6.97. The summed E-state index contributed by atoms with van der Waals surface area (Å²) in [6, 6.07) is 5.12. The van der Waals surface area contributed by atoms with Gasteiger partial charge in [0.15, 0.2) is 0 Å². The third-order valence-electron chi connectivity index (χ3n) is 2.96. The van der Waals surface area contributed by atoms with Crippen LogP contribution < -0.4 is 4.74 Å². The average molecular weight is 306 g/mol. The van der Waals surface area contributed by atoms with Crippen molar-refractivity contribution >= 4 is 23.2 Å². The van der Waals surface area contributed by atoms with Crippen LogP contribution in [0.15, 0.2) is 18.2 Å². The van der Waals surface area contributed by atoms with Gasteiger partial charge in [0.2, 0.25) is 0 Å². The van der Waals surface area contributed by atoms with Crippen LogP contribution in [0, 0.1) is 0 Å². The third-order valence-corrected chi connectivity index (χ3v) is 3.50. The number of ether oxygens (including phenoxy) is 2. The molecule has 1 N–H and O–H groups in total. The summed E-state index contributed by atoms with van der Waals surface area (Å²) in [7, 11) is 0. The van der Waals surface area contributed by atoms with E-state index in [9.17, 15) is 0 Å². The molecule has 2 rings (SSSR count). The quantitative estimate of drug-likeness (QED) is 0.904. The van der Waals surface area contributed by atoms with Gasteiger partial charge in [0, 0.05) is 30.7 Å². The molecule has 0 radical (unpaired) electrons. The molecule has 1 aromatic carbocycles. The molecule has 1 aliphatic rings. The molecule has 0 bridgehead atoms. The normalized spacial score (nSPS) is 20.5. The highest BCUT2D eigenvalue weighted by molar-refractivity contribution is 6.34. The number of nitrogens with zero attached hydrogens (tertiary/aromatic N) is 1. The van der Waals surface area contributed by atoms with Crippen LogP contribution in [-0.2, 0) is 4.74 Å². The number of aliphatic hydroxyl groups excluding tert-OH is 1. The summed E-state index contributed by atoms with van der Waals surface area (Å²) in [5.41, 5.74) is 0. The minimum absolute atomic E-state index is 0.0182. The number of benzene rings is 1. The Morgan fingerprint density at radius 2 is 2.26 bits per heavy atom. The van der Waals surface area contributed by atoms with Crippen LogP contribution in [0.2, 0.25) is 10.0 Å². The fourth-order valence-corrected chi connectivity index (χ4v) is 2.33. The van der Waals surface area contributed by atoms with Crippen LogP contribution in [0.1, 0.15) is 0 Å². The Bertz CT molecular complexity index is 415. The lowest BCUT2D eigenvalue weighted by Crippen LogP contribution is -2.45. The van der Waals surface area contributed by atoms with Crippen molar-refractivity contribution in [3.8, 4) is 5.75 Å². The second kappa shape index (κ2) is 7.31. The molecular weight excluding hydrogens is 289 g/mol. The number of aliphatic hydroxyl groups is 1. The molecule has 4 nitrogen and oxygen atoms in total. The zero-order chi connectivity index (χ0) is 13.7. The predicted octanol–water partition coefficient (Wildman–Crippen LogP) is 2.07. The molecule has 0 aromatic heterocycles. The minimum Gasteiger partial charge on any atom is -0.489 e. The van der Waals surface area contributed by atoms with E-state index in [2.05, 4.69) is 4.90 Å². The first-order valence-electron chi connectivity index (χ1n) is 6.21. The zero-order valence-corrected chi connectivity index (χ0v) is 12.0. The first-order chi connectivity index (χ1) is 9.19. The van der Waals surface area contributed by atoms with Gasteiger partial charge in [-0.25, -0.2) is 0 Å². The highest BCUT2D eigenvalue weighted by Crippen LogP contribution is 2.27. The second-order valence-electron chi connectivity index (χ2n) is 4.40. The van der Waals surface area contributed by atoms with E-state index in [1.807, 2.05) is 0 Å². The Hall–Kier alpha value is -0.520. The molecule has 6 heteroatoms. The zero-order valence-electron chi connectivity index (χ0n) is 10.5. The molecule has 1 heterocycles. The van der Waals surface area contributed by atoms with Crippen molar-refractivity contribution in [1.29, 1.82) is 0 Å². The smallest absolute Gasteiger partial charge is 0.139 e. The minimum atomic E-state index is -0.0182. The van der Waals surface area contributed by atoms with E-state index in [-0.39, 0.29) is 12.7 Å². The standard InChI is InChI=1S/C13H17Cl2NO3/c14-10-1-2-12(15)13(7-10)19-9-11-8-16(3-5-17)4-6-18-11/h1-2,7,11,17H,3-6,8-9H2. The molecule has 1 unspecified atom stereocenters. The highest BCUT2D eigenvalue weighted by Gasteiger charge is 2.20. The first kappa shape index (κ1) is 14.9. The fraction of sp³-hybridized carbons (Fsp3) is 0.538. The van der Waals surface area contributed by atoms with Gasteiger partial charge in [-0.3, -0.25) is 4.90 Å². The summed E-state index contributed by atoms with van der Waals surface area (Å²) >= 11 is 11.9. The van der Waals surface area contributed by atoms with E-state index in [4.69, 9.17) is 37.8 Å². The monoisotopic (exact) mass is 305 g/mol. The van der Waals surface area contributed by atoms with Gasteiger partial charge >= 0.3 is 0 Å². The summed E-state index contributed by atoms with van der Waals surface area (Å²) < 4.78 is 11.3. The molecule has 1 aromatic rings. The summed E-state index contributed by atoms with van der Waals surface area (Å²) in [6.07, 6.45) is -0.0182. The van der Waals surface area contributed by atoms with Gasteiger partial charge in [0.05, 0.1) is 18.2 Å². The number of hydrogen-bond donors (Lipinski definition) is 1. The van der Waals surface area contributed by atoms with Crippen molar-refractivity contribution in [2.75, 3.05) is 39.5 Å². The van der Waals surface area contributed by atoms with Gasteiger partial charge in [-0.1, -0.05) is 23.2 Å². The van der Waals surface area contributed by atoms with Crippen molar-refractivity contribution in [1.82, 2.24) is 4.90 Å². The van der Waals surface area contributed by atoms with Gasteiger partial charge in [-0.05, 0) is 12.1 Å². The Balaban J connectivity index is 1.86. The Labute approximate surface area is 122 Å². The molecule has 0 spiro atoms. The maximum absolute atomic E-state index is 8.93. The summed E-state index contributed by atoms with van der Waals surface area (Å²) in [5, 5.41) is 10.1. The molecule has 0 amide bonds. The molecule has 1 aliphatic heterocycles. The number of β-amino-alcohol motifs (C(OH)–C–C–N with tert-alkyl or cyclic N) is 1. The van der Waals surface area contributed by atoms with Gasteiger partial charge < -0.3 is 14.6 Å². The van der Waals surface area contributed by atoms with Crippen LogP contribution >= 0.6 is 23.2 Å². The maximum Gasteiger partial charge on any atom is 0.139 e. The van der Waals surface area contributed by atoms with Crippen molar-refractivity contribution in [2.45, 2.75) is 6.10 Å². The van der Waals surface area contributed by atoms with E-state index in [1.54, 1.807) is 18.2 Å². The van der Waals surface area contributed by atoms with Crippen molar-refractivity contribution in [2.24, 2.45) is 0 Å². The van der Waals surface area contributed by atoms with E-state index >= 15 is 0 Å². The molecule has 0 saturated carbocycles. The fourth-order valence-electron chi connectivity index (χ4n) is 2.00. The predicted molar refractivity (Wildman–Crippen MR) is 75.2 cm³/mol. The van der Waals surface area contributed by atoms with Crippen molar-refractivity contribution in [3.63, 3.8) is 0 Å². The lowest BCUT2D eigenvalue weighted by molar-refractivity contribution is -0.0508. The van der Waals surface area contributed by atoms with Gasteiger partial charge in [-0.15, -0.1) is 0 Å². The Morgan fingerprint density at radius 1 is 1.42 bits per heavy atom. The van der Waals surface area contributed by atoms with Crippen molar-refractivity contribution < 1.29 is 14.6 Å². The molecule has 0 aliphatic carbocycles. The number of rotatable bonds is 5. The Morgan fingerprint density at radius 3 is 3.05 bits per heavy atom. The number of halogens is 2.